The first-order valence-corrected chi connectivity index (χ1v) is 4.92. The highest BCUT2D eigenvalue weighted by Gasteiger charge is 2.19. The molecule has 0 aliphatic carbocycles. The second kappa shape index (κ2) is 5.12. The molecule has 5 nitrogen and oxygen atoms in total. The van der Waals surface area contributed by atoms with Crippen LogP contribution >= 0.6 is 0 Å². The molecule has 84 valence electrons. The average Bonchev–Trinajstić information content (AvgIpc) is 2.25. The van der Waals surface area contributed by atoms with E-state index < -0.39 is 4.92 Å². The van der Waals surface area contributed by atoms with Gasteiger partial charge in [0.1, 0.15) is 0 Å². The second-order valence-corrected chi connectivity index (χ2v) is 3.35. The number of aryl methyl sites for hydroxylation is 1. The molecule has 1 N–H and O–H groups in total. The topological polar surface area (TPSA) is 68.1 Å². The summed E-state index contributed by atoms with van der Waals surface area (Å²) in [7, 11) is 0. The van der Waals surface area contributed by atoms with Crippen LogP contribution in [-0.4, -0.2) is 15.9 Å². The molecule has 1 atom stereocenters. The molecule has 0 saturated carbocycles. The fourth-order valence-corrected chi connectivity index (χ4v) is 1.31. The lowest BCUT2D eigenvalue weighted by Crippen LogP contribution is -2.17. The molecule has 16 heavy (non-hydrogen) atoms. The molecule has 0 fully saturated rings. The minimum absolute atomic E-state index is 0.0174. The molecule has 1 aromatic rings. The van der Waals surface area contributed by atoms with E-state index in [1.165, 1.54) is 6.20 Å². The lowest BCUT2D eigenvalue weighted by molar-refractivity contribution is -0.384. The van der Waals surface area contributed by atoms with Gasteiger partial charge < -0.3 is 5.32 Å². The predicted octanol–water partition coefficient (Wildman–Crippen LogP) is 2.12. The van der Waals surface area contributed by atoms with E-state index in [2.05, 4.69) is 16.2 Å². The monoisotopic (exact) mass is 219 g/mol. The summed E-state index contributed by atoms with van der Waals surface area (Å²) >= 11 is 0. The number of nitro groups is 1. The van der Waals surface area contributed by atoms with E-state index >= 15 is 0 Å². The van der Waals surface area contributed by atoms with Gasteiger partial charge in [-0.05, 0) is 19.4 Å². The maximum atomic E-state index is 10.9. The fraction of sp³-hybridized carbons (Fsp3) is 0.364. The van der Waals surface area contributed by atoms with Gasteiger partial charge in [-0.1, -0.05) is 12.8 Å². The van der Waals surface area contributed by atoms with Gasteiger partial charge >= 0.3 is 5.69 Å². The van der Waals surface area contributed by atoms with Crippen molar-refractivity contribution in [2.24, 2.45) is 0 Å². The van der Waals surface area contributed by atoms with Gasteiger partial charge in [0.05, 0.1) is 11.0 Å². The average molecular weight is 219 g/mol. The molecule has 0 amide bonds. The highest BCUT2D eigenvalue weighted by molar-refractivity contribution is 5.60. The Labute approximate surface area is 94.0 Å². The van der Waals surface area contributed by atoms with Crippen LogP contribution in [0.2, 0.25) is 0 Å². The Balaban J connectivity index is 3.09. The van der Waals surface area contributed by atoms with Crippen molar-refractivity contribution < 1.29 is 4.92 Å². The Morgan fingerprint density at radius 1 is 1.75 bits per heavy atom. The molecule has 0 spiro atoms. The number of pyridine rings is 1. The molecule has 0 bridgehead atoms. The van der Waals surface area contributed by atoms with Gasteiger partial charge in [0.25, 0.3) is 0 Å². The number of anilines is 1. The summed E-state index contributed by atoms with van der Waals surface area (Å²) in [6.07, 6.45) is 7.49. The molecule has 1 rings (SSSR count). The first-order valence-electron chi connectivity index (χ1n) is 4.92. The Kier molecular flexibility index (Phi) is 3.84. The van der Waals surface area contributed by atoms with Crippen molar-refractivity contribution in [2.75, 3.05) is 5.32 Å². The highest BCUT2D eigenvalue weighted by atomic mass is 16.6. The van der Waals surface area contributed by atoms with Crippen molar-refractivity contribution >= 4 is 11.5 Å². The van der Waals surface area contributed by atoms with E-state index in [9.17, 15) is 10.1 Å². The Morgan fingerprint density at radius 3 is 2.94 bits per heavy atom. The van der Waals surface area contributed by atoms with E-state index in [0.29, 0.717) is 12.0 Å². The van der Waals surface area contributed by atoms with Crippen molar-refractivity contribution in [3.05, 3.63) is 27.9 Å². The van der Waals surface area contributed by atoms with Crippen LogP contribution in [0.5, 0.6) is 0 Å². The zero-order valence-electron chi connectivity index (χ0n) is 9.23. The molecule has 5 heteroatoms. The van der Waals surface area contributed by atoms with Gasteiger partial charge in [0.2, 0.25) is 5.82 Å². The minimum Gasteiger partial charge on any atom is -0.351 e. The van der Waals surface area contributed by atoms with Crippen LogP contribution in [0.1, 0.15) is 18.9 Å². The highest BCUT2D eigenvalue weighted by Crippen LogP contribution is 2.26. The predicted molar refractivity (Wildman–Crippen MR) is 62.2 cm³/mol. The molecule has 0 radical (unpaired) electrons. The third-order valence-electron chi connectivity index (χ3n) is 2.23. The summed E-state index contributed by atoms with van der Waals surface area (Å²) in [5.74, 6) is 2.74. The number of nitrogens with zero attached hydrogens (tertiary/aromatic N) is 2. The number of nitrogens with one attached hydrogen (secondary N) is 1. The zero-order chi connectivity index (χ0) is 12.1. The SMILES string of the molecule is C#CC(CC)Nc1nccc(C)c1[N+](=O)[O-]. The van der Waals surface area contributed by atoms with Crippen LogP contribution < -0.4 is 5.32 Å². The number of rotatable bonds is 4. The maximum Gasteiger partial charge on any atom is 0.314 e. The summed E-state index contributed by atoms with van der Waals surface area (Å²) in [6, 6.07) is 1.35. The molecule has 1 heterocycles. The third kappa shape index (κ3) is 2.48. The first kappa shape index (κ1) is 12.0. The molecule has 1 aromatic heterocycles. The van der Waals surface area contributed by atoms with E-state index in [0.717, 1.165) is 0 Å². The first-order chi connectivity index (χ1) is 7.60. The Bertz CT molecular complexity index is 437. The van der Waals surface area contributed by atoms with Crippen molar-refractivity contribution in [2.45, 2.75) is 26.3 Å². The zero-order valence-corrected chi connectivity index (χ0v) is 9.23. The summed E-state index contributed by atoms with van der Waals surface area (Å²) in [6.45, 7) is 3.57. The molecule has 0 saturated heterocycles. The van der Waals surface area contributed by atoms with Crippen LogP contribution in [0.4, 0.5) is 11.5 Å². The third-order valence-corrected chi connectivity index (χ3v) is 2.23. The van der Waals surface area contributed by atoms with E-state index in [-0.39, 0.29) is 17.5 Å². The van der Waals surface area contributed by atoms with Gasteiger partial charge in [-0.3, -0.25) is 10.1 Å². The van der Waals surface area contributed by atoms with E-state index in [1.807, 2.05) is 6.92 Å². The van der Waals surface area contributed by atoms with Crippen molar-refractivity contribution in [3.63, 3.8) is 0 Å². The van der Waals surface area contributed by atoms with Gasteiger partial charge in [-0.15, -0.1) is 6.42 Å². The summed E-state index contributed by atoms with van der Waals surface area (Å²) in [4.78, 5) is 14.4. The molecule has 0 aliphatic heterocycles. The molecular formula is C11H13N3O2. The normalized spacial score (nSPS) is 11.6. The summed E-state index contributed by atoms with van der Waals surface area (Å²) in [5.41, 5.74) is 0.547. The lowest BCUT2D eigenvalue weighted by atomic mass is 10.2. The standard InChI is InChI=1S/C11H13N3O2/c1-4-9(5-2)13-11-10(14(15)16)8(3)6-7-12-11/h1,6-7,9H,5H2,2-3H3,(H,12,13). The number of hydrogen-bond acceptors (Lipinski definition) is 4. The van der Waals surface area contributed by atoms with E-state index in [1.54, 1.807) is 13.0 Å². The Morgan fingerprint density at radius 2 is 2.44 bits per heavy atom. The maximum absolute atomic E-state index is 10.9. The second-order valence-electron chi connectivity index (χ2n) is 3.35. The quantitative estimate of drug-likeness (QED) is 0.478. The van der Waals surface area contributed by atoms with Crippen molar-refractivity contribution in [1.82, 2.24) is 4.98 Å². The fourth-order valence-electron chi connectivity index (χ4n) is 1.31. The summed E-state index contributed by atoms with van der Waals surface area (Å²) in [5, 5.41) is 13.8. The van der Waals surface area contributed by atoms with Gasteiger partial charge in [0.15, 0.2) is 0 Å². The lowest BCUT2D eigenvalue weighted by Gasteiger charge is -2.11. The van der Waals surface area contributed by atoms with Crippen molar-refractivity contribution in [1.29, 1.82) is 0 Å². The molecule has 0 aromatic carbocycles. The number of terminal acetylenes is 1. The van der Waals surface area contributed by atoms with Crippen molar-refractivity contribution in [3.8, 4) is 12.3 Å². The van der Waals surface area contributed by atoms with Gasteiger partial charge in [0, 0.05) is 11.8 Å². The van der Waals surface area contributed by atoms with Crippen LogP contribution in [0, 0.1) is 29.4 Å². The van der Waals surface area contributed by atoms with Gasteiger partial charge in [-0.2, -0.15) is 0 Å². The number of aromatic nitrogens is 1. The van der Waals surface area contributed by atoms with Crippen LogP contribution in [-0.2, 0) is 0 Å². The van der Waals surface area contributed by atoms with Crippen LogP contribution in [0.3, 0.4) is 0 Å². The Hall–Kier alpha value is -2.09. The van der Waals surface area contributed by atoms with Crippen LogP contribution in [0.25, 0.3) is 0 Å². The van der Waals surface area contributed by atoms with Crippen LogP contribution in [0.15, 0.2) is 12.3 Å². The largest absolute Gasteiger partial charge is 0.351 e. The summed E-state index contributed by atoms with van der Waals surface area (Å²) < 4.78 is 0. The number of hydrogen-bond donors (Lipinski definition) is 1. The molecule has 1 unspecified atom stereocenters. The van der Waals surface area contributed by atoms with Gasteiger partial charge in [-0.25, -0.2) is 4.98 Å². The minimum atomic E-state index is -0.450. The molecule has 0 aliphatic rings. The van der Waals surface area contributed by atoms with E-state index in [4.69, 9.17) is 6.42 Å². The molecular weight excluding hydrogens is 206 g/mol. The smallest absolute Gasteiger partial charge is 0.314 e.